The zero-order valence-electron chi connectivity index (χ0n) is 13.8. The molecule has 5 heteroatoms. The van der Waals surface area contributed by atoms with E-state index in [2.05, 4.69) is 53.4 Å². The molecule has 3 aromatic rings. The predicted molar refractivity (Wildman–Crippen MR) is 102 cm³/mol. The highest BCUT2D eigenvalue weighted by Gasteiger charge is 2.04. The number of hydrogen-bond donors (Lipinski definition) is 2. The lowest BCUT2D eigenvalue weighted by Gasteiger charge is -2.07. The molecular weight excluding hydrogens is 316 g/mol. The van der Waals surface area contributed by atoms with Gasteiger partial charge in [-0.3, -0.25) is 0 Å². The third-order valence-electron chi connectivity index (χ3n) is 3.76. The highest BCUT2D eigenvalue weighted by Crippen LogP contribution is 2.23. The summed E-state index contributed by atoms with van der Waals surface area (Å²) in [5, 5.41) is 6.15. The fourth-order valence-corrected chi connectivity index (χ4v) is 3.08. The molecule has 24 heavy (non-hydrogen) atoms. The topological polar surface area (TPSA) is 63.3 Å². The number of hydrogen-bond acceptors (Lipinski definition) is 3. The van der Waals surface area contributed by atoms with Crippen LogP contribution in [-0.2, 0) is 6.54 Å². The molecule has 0 unspecified atom stereocenters. The minimum Gasteiger partial charge on any atom is -0.370 e. The van der Waals surface area contributed by atoms with Gasteiger partial charge in [-0.1, -0.05) is 36.4 Å². The van der Waals surface area contributed by atoms with Crippen molar-refractivity contribution >= 4 is 23.0 Å². The van der Waals surface area contributed by atoms with E-state index in [0.717, 1.165) is 22.0 Å². The maximum absolute atomic E-state index is 5.97. The van der Waals surface area contributed by atoms with Crippen molar-refractivity contribution in [2.75, 3.05) is 5.32 Å². The highest BCUT2D eigenvalue weighted by atomic mass is 32.1. The normalized spacial score (nSPS) is 11.5. The van der Waals surface area contributed by atoms with Crippen LogP contribution < -0.4 is 11.1 Å². The Hall–Kier alpha value is -2.66. The number of nitrogens with zero attached hydrogens (tertiary/aromatic N) is 2. The first kappa shape index (κ1) is 16.2. The summed E-state index contributed by atoms with van der Waals surface area (Å²) in [5.41, 5.74) is 11.4. The molecule has 1 heterocycles. The van der Waals surface area contributed by atoms with Gasteiger partial charge in [0.25, 0.3) is 0 Å². The lowest BCUT2D eigenvalue weighted by atomic mass is 10.1. The van der Waals surface area contributed by atoms with Crippen LogP contribution >= 0.6 is 11.3 Å². The monoisotopic (exact) mass is 336 g/mol. The Labute approximate surface area is 146 Å². The summed E-state index contributed by atoms with van der Waals surface area (Å²) in [4.78, 5) is 8.99. The summed E-state index contributed by atoms with van der Waals surface area (Å²) >= 11 is 1.62. The van der Waals surface area contributed by atoms with E-state index in [1.807, 2.05) is 29.6 Å². The molecule has 0 saturated heterocycles. The van der Waals surface area contributed by atoms with Crippen LogP contribution in [0.15, 0.2) is 58.9 Å². The number of aryl methyl sites for hydroxylation is 2. The molecule has 0 spiro atoms. The Morgan fingerprint density at radius 1 is 1.12 bits per heavy atom. The molecule has 0 radical (unpaired) electrons. The maximum Gasteiger partial charge on any atom is 0.193 e. The lowest BCUT2D eigenvalue weighted by Crippen LogP contribution is -2.22. The number of aromatic nitrogens is 1. The number of nitrogens with one attached hydrogen (secondary N) is 1. The zero-order chi connectivity index (χ0) is 16.9. The maximum atomic E-state index is 5.97. The van der Waals surface area contributed by atoms with Crippen molar-refractivity contribution in [3.63, 3.8) is 0 Å². The minimum atomic E-state index is 0.396. The summed E-state index contributed by atoms with van der Waals surface area (Å²) in [7, 11) is 0. The molecule has 3 rings (SSSR count). The first-order chi connectivity index (χ1) is 11.6. The van der Waals surface area contributed by atoms with E-state index in [9.17, 15) is 0 Å². The third kappa shape index (κ3) is 4.00. The Morgan fingerprint density at radius 2 is 1.92 bits per heavy atom. The predicted octanol–water partition coefficient (Wildman–Crippen LogP) is 4.35. The summed E-state index contributed by atoms with van der Waals surface area (Å²) in [6.45, 7) is 4.63. The van der Waals surface area contributed by atoms with Crippen molar-refractivity contribution in [3.05, 3.63) is 70.7 Å². The summed E-state index contributed by atoms with van der Waals surface area (Å²) in [6.07, 6.45) is 0. The lowest BCUT2D eigenvalue weighted by molar-refractivity contribution is 1.01. The molecule has 2 aromatic carbocycles. The molecule has 1 aromatic heterocycles. The van der Waals surface area contributed by atoms with E-state index in [0.29, 0.717) is 12.5 Å². The van der Waals surface area contributed by atoms with Crippen LogP contribution in [0.2, 0.25) is 0 Å². The third-order valence-corrected chi connectivity index (χ3v) is 4.70. The van der Waals surface area contributed by atoms with Gasteiger partial charge < -0.3 is 11.1 Å². The number of rotatable bonds is 4. The molecule has 122 valence electrons. The molecule has 0 aliphatic carbocycles. The van der Waals surface area contributed by atoms with Crippen LogP contribution in [0, 0.1) is 13.8 Å². The first-order valence-electron chi connectivity index (χ1n) is 7.76. The first-order valence-corrected chi connectivity index (χ1v) is 8.64. The van der Waals surface area contributed by atoms with Crippen molar-refractivity contribution < 1.29 is 0 Å². The summed E-state index contributed by atoms with van der Waals surface area (Å²) in [6, 6.07) is 16.3. The van der Waals surface area contributed by atoms with Crippen LogP contribution in [0.25, 0.3) is 10.6 Å². The number of nitrogens with two attached hydrogens (primary N) is 1. The Balaban J connectivity index is 1.65. The van der Waals surface area contributed by atoms with Gasteiger partial charge >= 0.3 is 0 Å². The average molecular weight is 336 g/mol. The van der Waals surface area contributed by atoms with Crippen LogP contribution in [0.4, 0.5) is 5.69 Å². The van der Waals surface area contributed by atoms with Gasteiger partial charge in [0.05, 0.1) is 12.2 Å². The zero-order valence-corrected chi connectivity index (χ0v) is 14.6. The van der Waals surface area contributed by atoms with Gasteiger partial charge in [0.15, 0.2) is 5.96 Å². The van der Waals surface area contributed by atoms with Gasteiger partial charge in [0.2, 0.25) is 0 Å². The Bertz CT molecular complexity index is 853. The fourth-order valence-electron chi connectivity index (χ4n) is 2.27. The van der Waals surface area contributed by atoms with Crippen LogP contribution in [0.5, 0.6) is 0 Å². The van der Waals surface area contributed by atoms with Crippen molar-refractivity contribution in [1.29, 1.82) is 0 Å². The van der Waals surface area contributed by atoms with Crippen LogP contribution in [0.3, 0.4) is 0 Å². The number of aliphatic imine (C=N–C) groups is 1. The van der Waals surface area contributed by atoms with Gasteiger partial charge in [-0.15, -0.1) is 11.3 Å². The molecule has 0 aliphatic heterocycles. The fraction of sp³-hybridized carbons (Fsp3) is 0.158. The smallest absolute Gasteiger partial charge is 0.193 e. The number of benzene rings is 2. The van der Waals surface area contributed by atoms with Gasteiger partial charge in [-0.25, -0.2) is 9.98 Å². The van der Waals surface area contributed by atoms with E-state index >= 15 is 0 Å². The average Bonchev–Trinajstić information content (AvgIpc) is 3.06. The van der Waals surface area contributed by atoms with Crippen molar-refractivity contribution in [2.45, 2.75) is 20.4 Å². The van der Waals surface area contributed by atoms with E-state index in [1.165, 1.54) is 11.1 Å². The van der Waals surface area contributed by atoms with Crippen molar-refractivity contribution in [1.82, 2.24) is 4.98 Å². The van der Waals surface area contributed by atoms with Gasteiger partial charge in [-0.05, 0) is 37.1 Å². The molecular formula is C19H20N4S. The Kier molecular flexibility index (Phi) is 4.91. The molecule has 0 atom stereocenters. The quantitative estimate of drug-likeness (QED) is 0.550. The Morgan fingerprint density at radius 3 is 2.67 bits per heavy atom. The molecule has 4 nitrogen and oxygen atoms in total. The largest absolute Gasteiger partial charge is 0.370 e. The van der Waals surface area contributed by atoms with Gasteiger partial charge in [-0.2, -0.15) is 0 Å². The van der Waals surface area contributed by atoms with Gasteiger partial charge in [0.1, 0.15) is 5.01 Å². The number of thiazole rings is 1. The molecule has 0 aliphatic rings. The van der Waals surface area contributed by atoms with Crippen LogP contribution in [0.1, 0.15) is 16.8 Å². The van der Waals surface area contributed by atoms with E-state index in [4.69, 9.17) is 5.73 Å². The SMILES string of the molecule is Cc1ccc(NC(N)=NCc2csc(-c3ccccc3)n2)cc1C. The molecule has 0 bridgehead atoms. The second-order valence-corrected chi connectivity index (χ2v) is 6.49. The van der Waals surface area contributed by atoms with Crippen molar-refractivity contribution in [2.24, 2.45) is 10.7 Å². The summed E-state index contributed by atoms with van der Waals surface area (Å²) in [5.74, 6) is 0.396. The standard InChI is InChI=1S/C19H20N4S/c1-13-8-9-16(10-14(13)2)23-19(20)21-11-17-12-24-18(22-17)15-6-4-3-5-7-15/h3-10,12H,11H2,1-2H3,(H3,20,21,23). The van der Waals surface area contributed by atoms with E-state index in [1.54, 1.807) is 11.3 Å². The van der Waals surface area contributed by atoms with Gasteiger partial charge in [0, 0.05) is 16.6 Å². The second-order valence-electron chi connectivity index (χ2n) is 5.64. The van der Waals surface area contributed by atoms with Crippen LogP contribution in [-0.4, -0.2) is 10.9 Å². The van der Waals surface area contributed by atoms with Crippen molar-refractivity contribution in [3.8, 4) is 10.6 Å². The second kappa shape index (κ2) is 7.27. The number of guanidine groups is 1. The number of anilines is 1. The highest BCUT2D eigenvalue weighted by molar-refractivity contribution is 7.13. The molecule has 3 N–H and O–H groups in total. The van der Waals surface area contributed by atoms with E-state index in [-0.39, 0.29) is 0 Å². The molecule has 0 saturated carbocycles. The summed E-state index contributed by atoms with van der Waals surface area (Å²) < 4.78 is 0. The van der Waals surface area contributed by atoms with E-state index < -0.39 is 0 Å². The molecule has 0 fully saturated rings. The minimum absolute atomic E-state index is 0.396. The molecule has 0 amide bonds.